The lowest BCUT2D eigenvalue weighted by Crippen LogP contribution is -2.12. The number of ether oxygens (including phenoxy) is 1. The van der Waals surface area contributed by atoms with Gasteiger partial charge in [-0.25, -0.2) is 9.50 Å². The molecule has 0 radical (unpaired) electrons. The molecule has 5 nitrogen and oxygen atoms in total. The average Bonchev–Trinajstić information content (AvgIpc) is 3.08. The smallest absolute Gasteiger partial charge is 0.272 e. The van der Waals surface area contributed by atoms with Crippen LogP contribution in [0.1, 0.15) is 11.1 Å². The van der Waals surface area contributed by atoms with E-state index in [0.717, 1.165) is 23.3 Å². The molecule has 0 aliphatic carbocycles. The molecule has 2 aromatic heterocycles. The molecule has 0 bridgehead atoms. The maximum Gasteiger partial charge on any atom is 0.272 e. The van der Waals surface area contributed by atoms with Gasteiger partial charge < -0.3 is 4.74 Å². The van der Waals surface area contributed by atoms with Crippen molar-refractivity contribution < 1.29 is 4.74 Å². The summed E-state index contributed by atoms with van der Waals surface area (Å²) in [6.45, 7) is 0. The Kier molecular flexibility index (Phi) is 3.82. The van der Waals surface area contributed by atoms with Crippen molar-refractivity contribution in [1.82, 2.24) is 14.6 Å². The third-order valence-corrected chi connectivity index (χ3v) is 4.23. The van der Waals surface area contributed by atoms with Gasteiger partial charge in [0.2, 0.25) is 0 Å². The van der Waals surface area contributed by atoms with Crippen LogP contribution in [0, 0.1) is 0 Å². The number of nitrogens with zero attached hydrogens (tertiary/aromatic N) is 2. The van der Waals surface area contributed by atoms with Gasteiger partial charge in [-0.05, 0) is 35.2 Å². The van der Waals surface area contributed by atoms with Gasteiger partial charge in [-0.3, -0.25) is 9.89 Å². The summed E-state index contributed by atoms with van der Waals surface area (Å²) in [7, 11) is 1.68. The van der Waals surface area contributed by atoms with Crippen LogP contribution in [-0.4, -0.2) is 21.7 Å². The van der Waals surface area contributed by atoms with Crippen molar-refractivity contribution in [3.63, 3.8) is 0 Å². The van der Waals surface area contributed by atoms with E-state index in [1.54, 1.807) is 13.3 Å². The maximum absolute atomic E-state index is 11.8. The SMILES string of the molecule is COc1cccc(Cc2ccc(-c3c[nH]n4c(=O)ccnc34)cc2)c1. The van der Waals surface area contributed by atoms with Crippen molar-refractivity contribution in [1.29, 1.82) is 0 Å². The molecule has 0 aliphatic heterocycles. The Balaban J connectivity index is 1.63. The molecule has 4 rings (SSSR count). The molecule has 0 saturated heterocycles. The number of hydrogen-bond acceptors (Lipinski definition) is 3. The Hall–Kier alpha value is -3.34. The number of rotatable bonds is 4. The van der Waals surface area contributed by atoms with E-state index < -0.39 is 0 Å². The van der Waals surface area contributed by atoms with Crippen LogP contribution in [0.15, 0.2) is 71.8 Å². The van der Waals surface area contributed by atoms with Gasteiger partial charge in [0.15, 0.2) is 5.65 Å². The number of H-pyrrole nitrogens is 1. The predicted molar refractivity (Wildman–Crippen MR) is 97.0 cm³/mol. The van der Waals surface area contributed by atoms with Crippen LogP contribution in [0.25, 0.3) is 16.8 Å². The minimum absolute atomic E-state index is 0.120. The third kappa shape index (κ3) is 2.92. The third-order valence-electron chi connectivity index (χ3n) is 4.23. The Labute approximate surface area is 144 Å². The summed E-state index contributed by atoms with van der Waals surface area (Å²) in [6.07, 6.45) is 4.18. The fourth-order valence-electron chi connectivity index (χ4n) is 2.95. The molecule has 0 amide bonds. The fourth-order valence-corrected chi connectivity index (χ4v) is 2.95. The molecular weight excluding hydrogens is 314 g/mol. The number of nitrogens with one attached hydrogen (secondary N) is 1. The van der Waals surface area contributed by atoms with E-state index in [1.165, 1.54) is 27.9 Å². The molecule has 0 unspecified atom stereocenters. The zero-order valence-corrected chi connectivity index (χ0v) is 13.8. The molecule has 5 heteroatoms. The number of hydrogen-bond donors (Lipinski definition) is 1. The largest absolute Gasteiger partial charge is 0.497 e. The van der Waals surface area contributed by atoms with Crippen LogP contribution in [0.3, 0.4) is 0 Å². The van der Waals surface area contributed by atoms with Gasteiger partial charge in [-0.15, -0.1) is 0 Å². The number of aromatic amines is 1. The highest BCUT2D eigenvalue weighted by molar-refractivity contribution is 5.76. The molecule has 2 aromatic carbocycles. The average molecular weight is 331 g/mol. The summed E-state index contributed by atoms with van der Waals surface area (Å²) in [5.41, 5.74) is 4.85. The lowest BCUT2D eigenvalue weighted by molar-refractivity contribution is 0.414. The van der Waals surface area contributed by atoms with E-state index in [4.69, 9.17) is 4.74 Å². The topological polar surface area (TPSA) is 59.4 Å². The van der Waals surface area contributed by atoms with Crippen molar-refractivity contribution in [2.75, 3.05) is 7.11 Å². The van der Waals surface area contributed by atoms with Crippen molar-refractivity contribution >= 4 is 5.65 Å². The standard InChI is InChI=1S/C20H17N3O2/c1-25-17-4-2-3-15(12-17)11-14-5-7-16(8-6-14)18-13-22-23-19(24)9-10-21-20(18)23/h2-10,12-13,22H,11H2,1H3. The second-order valence-corrected chi connectivity index (χ2v) is 5.85. The van der Waals surface area contributed by atoms with Gasteiger partial charge in [0.05, 0.1) is 7.11 Å². The molecule has 2 heterocycles. The van der Waals surface area contributed by atoms with Crippen LogP contribution >= 0.6 is 0 Å². The Morgan fingerprint density at radius 3 is 2.72 bits per heavy atom. The van der Waals surface area contributed by atoms with E-state index in [2.05, 4.69) is 40.4 Å². The first kappa shape index (κ1) is 15.2. The van der Waals surface area contributed by atoms with Crippen molar-refractivity contribution in [3.8, 4) is 16.9 Å². The highest BCUT2D eigenvalue weighted by Gasteiger charge is 2.08. The van der Waals surface area contributed by atoms with Crippen molar-refractivity contribution in [2.45, 2.75) is 6.42 Å². The monoisotopic (exact) mass is 331 g/mol. The first-order valence-electron chi connectivity index (χ1n) is 8.02. The lowest BCUT2D eigenvalue weighted by Gasteiger charge is -2.06. The van der Waals surface area contributed by atoms with E-state index in [1.807, 2.05) is 18.2 Å². The molecule has 0 fully saturated rings. The van der Waals surface area contributed by atoms with Crippen molar-refractivity contribution in [2.24, 2.45) is 0 Å². The Bertz CT molecular complexity index is 1080. The van der Waals surface area contributed by atoms with E-state index in [-0.39, 0.29) is 5.56 Å². The zero-order valence-electron chi connectivity index (χ0n) is 13.8. The van der Waals surface area contributed by atoms with E-state index in [0.29, 0.717) is 5.65 Å². The summed E-state index contributed by atoms with van der Waals surface area (Å²) in [6, 6.07) is 17.8. The van der Waals surface area contributed by atoms with Gasteiger partial charge >= 0.3 is 0 Å². The van der Waals surface area contributed by atoms with E-state index in [9.17, 15) is 4.79 Å². The summed E-state index contributed by atoms with van der Waals surface area (Å²) < 4.78 is 6.72. The fraction of sp³-hybridized carbons (Fsp3) is 0.100. The number of fused-ring (bicyclic) bond motifs is 1. The minimum Gasteiger partial charge on any atom is -0.497 e. The Morgan fingerprint density at radius 2 is 1.92 bits per heavy atom. The van der Waals surface area contributed by atoms with Crippen LogP contribution in [0.2, 0.25) is 0 Å². The molecule has 0 spiro atoms. The zero-order chi connectivity index (χ0) is 17.2. The molecule has 4 aromatic rings. The minimum atomic E-state index is -0.120. The van der Waals surface area contributed by atoms with E-state index >= 15 is 0 Å². The van der Waals surface area contributed by atoms with Crippen LogP contribution < -0.4 is 10.3 Å². The molecular formula is C20H17N3O2. The lowest BCUT2D eigenvalue weighted by atomic mass is 10.0. The van der Waals surface area contributed by atoms with Crippen LogP contribution in [-0.2, 0) is 6.42 Å². The summed E-state index contributed by atoms with van der Waals surface area (Å²) >= 11 is 0. The first-order chi connectivity index (χ1) is 12.2. The maximum atomic E-state index is 11.8. The van der Waals surface area contributed by atoms with Gasteiger partial charge in [0, 0.05) is 24.0 Å². The molecule has 0 saturated carbocycles. The van der Waals surface area contributed by atoms with Gasteiger partial charge in [-0.1, -0.05) is 36.4 Å². The number of aromatic nitrogens is 3. The van der Waals surface area contributed by atoms with Gasteiger partial charge in [0.1, 0.15) is 5.75 Å². The van der Waals surface area contributed by atoms with Gasteiger partial charge in [0.25, 0.3) is 5.56 Å². The van der Waals surface area contributed by atoms with Crippen LogP contribution in [0.5, 0.6) is 5.75 Å². The highest BCUT2D eigenvalue weighted by atomic mass is 16.5. The molecule has 1 N–H and O–H groups in total. The van der Waals surface area contributed by atoms with Crippen molar-refractivity contribution in [3.05, 3.63) is 88.5 Å². The number of methoxy groups -OCH3 is 1. The molecule has 0 atom stereocenters. The summed E-state index contributed by atoms with van der Waals surface area (Å²) in [5.74, 6) is 0.865. The normalized spacial score (nSPS) is 10.9. The molecule has 0 aliphatic rings. The van der Waals surface area contributed by atoms with Crippen LogP contribution in [0.4, 0.5) is 0 Å². The summed E-state index contributed by atoms with van der Waals surface area (Å²) in [4.78, 5) is 16.1. The highest BCUT2D eigenvalue weighted by Crippen LogP contribution is 2.24. The molecule has 124 valence electrons. The Morgan fingerprint density at radius 1 is 1.08 bits per heavy atom. The second kappa shape index (κ2) is 6.28. The first-order valence-corrected chi connectivity index (χ1v) is 8.02. The second-order valence-electron chi connectivity index (χ2n) is 5.85. The number of benzene rings is 2. The quantitative estimate of drug-likeness (QED) is 0.624. The molecule has 25 heavy (non-hydrogen) atoms. The predicted octanol–water partition coefficient (Wildman–Crippen LogP) is 3.29. The van der Waals surface area contributed by atoms with Gasteiger partial charge in [-0.2, -0.15) is 0 Å². The summed E-state index contributed by atoms with van der Waals surface area (Å²) in [5, 5.41) is 2.95.